The highest BCUT2D eigenvalue weighted by molar-refractivity contribution is 6.13. The van der Waals surface area contributed by atoms with Crippen LogP contribution in [0.5, 0.6) is 5.75 Å². The van der Waals surface area contributed by atoms with Crippen molar-refractivity contribution in [2.45, 2.75) is 6.92 Å². The molecule has 0 aromatic heterocycles. The average molecular weight is 311 g/mol. The summed E-state index contributed by atoms with van der Waals surface area (Å²) < 4.78 is 24.4. The van der Waals surface area contributed by atoms with E-state index >= 15 is 0 Å². The summed E-state index contributed by atoms with van der Waals surface area (Å²) in [5, 5.41) is 0. The third-order valence-corrected chi connectivity index (χ3v) is 3.24. The molecule has 0 saturated carbocycles. The Hall–Kier alpha value is -2.95. The molecule has 0 aliphatic carbocycles. The number of aliphatic imine (C=N–C) groups is 1. The minimum Gasteiger partial charge on any atom is -0.493 e. The predicted molar refractivity (Wildman–Crippen MR) is 84.6 cm³/mol. The first-order valence-electron chi connectivity index (χ1n) is 7.18. The fourth-order valence-corrected chi connectivity index (χ4v) is 2.19. The van der Waals surface area contributed by atoms with Gasteiger partial charge in [0, 0.05) is 5.56 Å². The molecule has 1 heterocycles. The molecule has 0 saturated heterocycles. The van der Waals surface area contributed by atoms with E-state index in [1.54, 1.807) is 24.3 Å². The van der Waals surface area contributed by atoms with Gasteiger partial charge in [0.05, 0.1) is 12.2 Å². The number of nitrogens with zero attached hydrogens (tertiary/aromatic N) is 1. The number of hydrogen-bond acceptors (Lipinski definition) is 4. The smallest absolute Gasteiger partial charge is 0.363 e. The van der Waals surface area contributed by atoms with Crippen LogP contribution >= 0.6 is 0 Å². The number of benzene rings is 2. The molecule has 0 N–H and O–H groups in total. The zero-order valence-corrected chi connectivity index (χ0v) is 12.5. The summed E-state index contributed by atoms with van der Waals surface area (Å²) >= 11 is 0. The summed E-state index contributed by atoms with van der Waals surface area (Å²) in [6.07, 6.45) is 1.57. The van der Waals surface area contributed by atoms with E-state index in [1.807, 2.05) is 25.1 Å². The molecule has 1 aliphatic heterocycles. The molecule has 1 aliphatic rings. The van der Waals surface area contributed by atoms with Crippen molar-refractivity contribution in [3.63, 3.8) is 0 Å². The van der Waals surface area contributed by atoms with Gasteiger partial charge in [-0.25, -0.2) is 14.2 Å². The van der Waals surface area contributed by atoms with Gasteiger partial charge in [-0.15, -0.1) is 0 Å². The Morgan fingerprint density at radius 2 is 1.91 bits per heavy atom. The van der Waals surface area contributed by atoms with E-state index in [0.717, 1.165) is 0 Å². The van der Waals surface area contributed by atoms with Crippen molar-refractivity contribution >= 4 is 17.9 Å². The van der Waals surface area contributed by atoms with E-state index in [-0.39, 0.29) is 17.2 Å². The highest BCUT2D eigenvalue weighted by Gasteiger charge is 2.26. The van der Waals surface area contributed by atoms with Crippen molar-refractivity contribution in [3.8, 4) is 5.75 Å². The molecule has 4 nitrogen and oxygen atoms in total. The van der Waals surface area contributed by atoms with Gasteiger partial charge in [0.1, 0.15) is 11.6 Å². The molecule has 0 fully saturated rings. The molecule has 2 aromatic carbocycles. The minimum atomic E-state index is -0.616. The third kappa shape index (κ3) is 3.13. The molecule has 116 valence electrons. The topological polar surface area (TPSA) is 47.9 Å². The van der Waals surface area contributed by atoms with Crippen LogP contribution in [-0.2, 0) is 9.53 Å². The maximum atomic E-state index is 13.8. The second kappa shape index (κ2) is 6.44. The Kier molecular flexibility index (Phi) is 4.19. The number of ether oxygens (including phenoxy) is 2. The Labute approximate surface area is 132 Å². The van der Waals surface area contributed by atoms with Crippen molar-refractivity contribution in [2.75, 3.05) is 6.61 Å². The van der Waals surface area contributed by atoms with Crippen LogP contribution in [0.25, 0.3) is 6.08 Å². The fourth-order valence-electron chi connectivity index (χ4n) is 2.19. The molecule has 0 amide bonds. The number of carbonyl (C=O) groups excluding carboxylic acids is 1. The molecule has 5 heteroatoms. The average Bonchev–Trinajstić information content (AvgIpc) is 2.91. The second-order valence-corrected chi connectivity index (χ2v) is 4.79. The van der Waals surface area contributed by atoms with Crippen LogP contribution in [0, 0.1) is 5.82 Å². The molecule has 2 aromatic rings. The Balaban J connectivity index is 1.98. The number of hydrogen-bond donors (Lipinski definition) is 0. The normalized spacial score (nSPS) is 15.5. The standard InChI is InChI=1S/C18H14FNO3/c1-2-22-16-10-6-3-7-12(16)11-15-18(21)23-17(20-15)13-8-4-5-9-14(13)19/h3-11H,2H2,1H3/b15-11+. The monoisotopic (exact) mass is 311 g/mol. The lowest BCUT2D eigenvalue weighted by atomic mass is 10.1. The van der Waals surface area contributed by atoms with Crippen molar-refractivity contribution in [1.82, 2.24) is 0 Å². The van der Waals surface area contributed by atoms with E-state index in [2.05, 4.69) is 4.99 Å². The first kappa shape index (κ1) is 15.0. The Bertz CT molecular complexity index is 811. The van der Waals surface area contributed by atoms with Gasteiger partial charge in [-0.05, 0) is 31.2 Å². The minimum absolute atomic E-state index is 0.0340. The van der Waals surface area contributed by atoms with Gasteiger partial charge >= 0.3 is 5.97 Å². The Morgan fingerprint density at radius 3 is 2.70 bits per heavy atom. The van der Waals surface area contributed by atoms with Crippen LogP contribution in [0.3, 0.4) is 0 Å². The largest absolute Gasteiger partial charge is 0.493 e. The highest BCUT2D eigenvalue weighted by atomic mass is 19.1. The number of carbonyl (C=O) groups is 1. The Morgan fingerprint density at radius 1 is 1.17 bits per heavy atom. The number of esters is 1. The molecule has 0 radical (unpaired) electrons. The van der Waals surface area contributed by atoms with Gasteiger partial charge < -0.3 is 9.47 Å². The predicted octanol–water partition coefficient (Wildman–Crippen LogP) is 3.57. The van der Waals surface area contributed by atoms with Crippen LogP contribution in [0.15, 0.2) is 59.2 Å². The van der Waals surface area contributed by atoms with Gasteiger partial charge in [-0.3, -0.25) is 0 Å². The molecule has 0 unspecified atom stereocenters. The molecular weight excluding hydrogens is 297 g/mol. The number of cyclic esters (lactones) is 1. The van der Waals surface area contributed by atoms with Crippen LogP contribution < -0.4 is 4.74 Å². The summed E-state index contributed by atoms with van der Waals surface area (Å²) in [6, 6.07) is 13.3. The third-order valence-electron chi connectivity index (χ3n) is 3.24. The number of rotatable bonds is 4. The van der Waals surface area contributed by atoms with Crippen molar-refractivity contribution in [1.29, 1.82) is 0 Å². The molecule has 0 bridgehead atoms. The molecule has 23 heavy (non-hydrogen) atoms. The van der Waals surface area contributed by atoms with E-state index in [9.17, 15) is 9.18 Å². The lowest BCUT2D eigenvalue weighted by Crippen LogP contribution is -2.07. The van der Waals surface area contributed by atoms with Gasteiger partial charge in [0.25, 0.3) is 0 Å². The summed E-state index contributed by atoms with van der Waals surface area (Å²) in [5.41, 5.74) is 0.970. The van der Waals surface area contributed by atoms with Gasteiger partial charge in [0.2, 0.25) is 5.90 Å². The zero-order valence-electron chi connectivity index (χ0n) is 12.5. The summed E-state index contributed by atoms with van der Waals surface area (Å²) in [5.74, 6) is -0.498. The van der Waals surface area contributed by atoms with Gasteiger partial charge in [-0.2, -0.15) is 0 Å². The van der Waals surface area contributed by atoms with Gasteiger partial charge in [-0.1, -0.05) is 30.3 Å². The van der Waals surface area contributed by atoms with Crippen molar-refractivity contribution in [3.05, 3.63) is 71.2 Å². The fraction of sp³-hybridized carbons (Fsp3) is 0.111. The summed E-state index contributed by atoms with van der Waals surface area (Å²) in [4.78, 5) is 16.1. The van der Waals surface area contributed by atoms with E-state index < -0.39 is 11.8 Å². The maximum Gasteiger partial charge on any atom is 0.363 e. The van der Waals surface area contributed by atoms with Crippen LogP contribution in [0.2, 0.25) is 0 Å². The second-order valence-electron chi connectivity index (χ2n) is 4.79. The molecule has 0 atom stereocenters. The first-order chi connectivity index (χ1) is 11.2. The van der Waals surface area contributed by atoms with Crippen LogP contribution in [0.1, 0.15) is 18.1 Å². The quantitative estimate of drug-likeness (QED) is 0.640. The van der Waals surface area contributed by atoms with Gasteiger partial charge in [0.15, 0.2) is 5.70 Å². The van der Waals surface area contributed by atoms with E-state index in [0.29, 0.717) is 17.9 Å². The number of para-hydroxylation sites is 1. The molecular formula is C18H14FNO3. The van der Waals surface area contributed by atoms with E-state index in [4.69, 9.17) is 9.47 Å². The summed E-state index contributed by atoms with van der Waals surface area (Å²) in [7, 11) is 0. The highest BCUT2D eigenvalue weighted by Crippen LogP contribution is 2.25. The van der Waals surface area contributed by atoms with Crippen LogP contribution in [0.4, 0.5) is 4.39 Å². The summed E-state index contributed by atoms with van der Waals surface area (Å²) in [6.45, 7) is 2.39. The number of halogens is 1. The lowest BCUT2D eigenvalue weighted by Gasteiger charge is -2.06. The van der Waals surface area contributed by atoms with E-state index in [1.165, 1.54) is 12.1 Å². The van der Waals surface area contributed by atoms with Crippen molar-refractivity contribution < 1.29 is 18.7 Å². The first-order valence-corrected chi connectivity index (χ1v) is 7.18. The lowest BCUT2D eigenvalue weighted by molar-refractivity contribution is -0.129. The maximum absolute atomic E-state index is 13.8. The SMILES string of the molecule is CCOc1ccccc1/C=C1/N=C(c2ccccc2F)OC1=O. The molecule has 0 spiro atoms. The van der Waals surface area contributed by atoms with Crippen LogP contribution in [-0.4, -0.2) is 18.5 Å². The zero-order chi connectivity index (χ0) is 16.2. The molecule has 3 rings (SSSR count). The van der Waals surface area contributed by atoms with Crippen molar-refractivity contribution in [2.24, 2.45) is 4.99 Å².